The van der Waals surface area contributed by atoms with Gasteiger partial charge >= 0.3 is 0 Å². The second-order valence-corrected chi connectivity index (χ2v) is 15.0. The fraction of sp³-hybridized carbons (Fsp3) is 0.375. The van der Waals surface area contributed by atoms with E-state index in [-0.39, 0.29) is 16.6 Å². The van der Waals surface area contributed by atoms with Gasteiger partial charge in [0, 0.05) is 29.5 Å². The Morgan fingerprint density at radius 3 is 2.41 bits per heavy atom. The average molecular weight is 703 g/mol. The zero-order valence-electron chi connectivity index (χ0n) is 29.7. The molecule has 0 saturated heterocycles. The van der Waals surface area contributed by atoms with E-state index >= 15 is 0 Å². The molecule has 10 nitrogen and oxygen atoms in total. The van der Waals surface area contributed by atoms with Gasteiger partial charge in [-0.2, -0.15) is 5.10 Å². The van der Waals surface area contributed by atoms with Crippen LogP contribution in [0, 0.1) is 20.8 Å². The van der Waals surface area contributed by atoms with Gasteiger partial charge in [0.2, 0.25) is 0 Å². The molecule has 0 bridgehead atoms. The van der Waals surface area contributed by atoms with Crippen molar-refractivity contribution >= 4 is 39.7 Å². The standard InChI is InChI=1S/C40H43ClN8O2/c1-23-24(2)36(40(17-8-18-40)45-28-11-13-33-30(19-28)37(50)48(5)22-43-33)42-20-27(23)21-49-38(51)35-29(26(4)47-49)12-14-34(44-35)46-39(15-7-16-39)31-9-6-10-32(41)25(31)3/h6,9-14,19-20,22,38,45,51H,7-8,15-18,21H2,1-5H3,(H,44,46). The Morgan fingerprint density at radius 2 is 1.69 bits per heavy atom. The van der Waals surface area contributed by atoms with E-state index in [2.05, 4.69) is 42.5 Å². The number of nitrogens with zero attached hydrogens (tertiary/aromatic N) is 6. The molecule has 2 fully saturated rings. The molecule has 1 unspecified atom stereocenters. The lowest BCUT2D eigenvalue weighted by molar-refractivity contribution is -0.00923. The number of nitrogens with one attached hydrogen (secondary N) is 2. The van der Waals surface area contributed by atoms with Gasteiger partial charge in [0.05, 0.1) is 46.3 Å². The van der Waals surface area contributed by atoms with Gasteiger partial charge in [0.1, 0.15) is 11.5 Å². The van der Waals surface area contributed by atoms with Crippen molar-refractivity contribution in [1.29, 1.82) is 0 Å². The van der Waals surface area contributed by atoms with Crippen LogP contribution < -0.4 is 16.2 Å². The summed E-state index contributed by atoms with van der Waals surface area (Å²) in [5, 5.41) is 27.1. The lowest BCUT2D eigenvalue weighted by Gasteiger charge is -2.44. The van der Waals surface area contributed by atoms with Crippen LogP contribution in [-0.4, -0.2) is 35.3 Å². The predicted molar refractivity (Wildman–Crippen MR) is 202 cm³/mol. The van der Waals surface area contributed by atoms with Gasteiger partial charge in [0.25, 0.3) is 5.56 Å². The van der Waals surface area contributed by atoms with Crippen LogP contribution in [0.3, 0.4) is 0 Å². The van der Waals surface area contributed by atoms with Crippen molar-refractivity contribution in [3.8, 4) is 0 Å². The van der Waals surface area contributed by atoms with Gasteiger partial charge in [-0.1, -0.05) is 23.7 Å². The number of anilines is 2. The van der Waals surface area contributed by atoms with Crippen LogP contribution >= 0.6 is 11.6 Å². The van der Waals surface area contributed by atoms with Crippen molar-refractivity contribution < 1.29 is 5.11 Å². The smallest absolute Gasteiger partial charge is 0.260 e. The number of aliphatic hydroxyl groups is 1. The van der Waals surface area contributed by atoms with Crippen LogP contribution in [0.2, 0.25) is 5.02 Å². The second-order valence-electron chi connectivity index (χ2n) is 14.6. The minimum absolute atomic E-state index is 0.0705. The number of halogens is 1. The molecule has 8 rings (SSSR count). The van der Waals surface area contributed by atoms with Crippen LogP contribution in [0.5, 0.6) is 0 Å². The Bertz CT molecular complexity index is 2290. The maximum Gasteiger partial charge on any atom is 0.260 e. The molecule has 1 atom stereocenters. The molecule has 262 valence electrons. The fourth-order valence-corrected chi connectivity index (χ4v) is 8.24. The average Bonchev–Trinajstić information content (AvgIpc) is 3.09. The molecule has 3 aromatic heterocycles. The van der Waals surface area contributed by atoms with Gasteiger partial charge in [-0.3, -0.25) is 14.8 Å². The molecule has 11 heteroatoms. The third kappa shape index (κ3) is 5.56. The molecule has 3 aliphatic rings. The molecule has 2 aromatic carbocycles. The molecule has 2 aliphatic carbocycles. The summed E-state index contributed by atoms with van der Waals surface area (Å²) in [5.74, 6) is 0.723. The highest BCUT2D eigenvalue weighted by atomic mass is 35.5. The Hall–Kier alpha value is -4.80. The van der Waals surface area contributed by atoms with Crippen molar-refractivity contribution in [2.24, 2.45) is 12.1 Å². The number of rotatable bonds is 8. The predicted octanol–water partition coefficient (Wildman–Crippen LogP) is 7.52. The first-order valence-electron chi connectivity index (χ1n) is 17.7. The van der Waals surface area contributed by atoms with Crippen LogP contribution in [0.4, 0.5) is 11.5 Å². The van der Waals surface area contributed by atoms with E-state index in [0.717, 1.165) is 94.3 Å². The number of aryl methyl sites for hydroxylation is 1. The normalized spacial score (nSPS) is 18.8. The maximum atomic E-state index is 12.8. The van der Waals surface area contributed by atoms with Gasteiger partial charge in [-0.25, -0.2) is 9.97 Å². The number of aromatic nitrogens is 4. The van der Waals surface area contributed by atoms with E-state index in [1.54, 1.807) is 18.4 Å². The first-order valence-corrected chi connectivity index (χ1v) is 18.1. The van der Waals surface area contributed by atoms with Gasteiger partial charge in [0.15, 0.2) is 6.23 Å². The Kier molecular flexibility index (Phi) is 8.14. The van der Waals surface area contributed by atoms with Crippen LogP contribution in [-0.2, 0) is 24.7 Å². The zero-order chi connectivity index (χ0) is 35.7. The minimum Gasteiger partial charge on any atom is -0.374 e. The third-order valence-electron chi connectivity index (χ3n) is 11.5. The highest BCUT2D eigenvalue weighted by Crippen LogP contribution is 2.47. The molecule has 0 amide bonds. The second kappa shape index (κ2) is 12.5. The summed E-state index contributed by atoms with van der Waals surface area (Å²) in [6.07, 6.45) is 8.51. The van der Waals surface area contributed by atoms with Crippen LogP contribution in [0.1, 0.15) is 96.4 Å². The third-order valence-corrected chi connectivity index (χ3v) is 11.9. The largest absolute Gasteiger partial charge is 0.374 e. The van der Waals surface area contributed by atoms with Gasteiger partial charge in [-0.15, -0.1) is 0 Å². The van der Waals surface area contributed by atoms with Crippen molar-refractivity contribution in [3.63, 3.8) is 0 Å². The quantitative estimate of drug-likeness (QED) is 0.152. The summed E-state index contributed by atoms with van der Waals surface area (Å²) in [4.78, 5) is 27.3. The van der Waals surface area contributed by atoms with Gasteiger partial charge < -0.3 is 20.3 Å². The lowest BCUT2D eigenvalue weighted by atomic mass is 9.70. The summed E-state index contributed by atoms with van der Waals surface area (Å²) in [6, 6.07) is 15.9. The molecule has 4 heterocycles. The van der Waals surface area contributed by atoms with E-state index < -0.39 is 6.23 Å². The monoisotopic (exact) mass is 702 g/mol. The van der Waals surface area contributed by atoms with E-state index in [0.29, 0.717) is 23.1 Å². The topological polar surface area (TPSA) is 121 Å². The SMILES string of the molecule is CC1=NN(Cc2cnc(C3(Nc4ccc5ncn(C)c(=O)c5c4)CCC3)c(C)c2C)C(O)c2nc(NC3(c4cccc(Cl)c4C)CCC3)ccc21. The Balaban J connectivity index is 1.04. The first-order chi connectivity index (χ1) is 24.5. The Morgan fingerprint density at radius 1 is 0.922 bits per heavy atom. The summed E-state index contributed by atoms with van der Waals surface area (Å²) in [5.41, 5.74) is 9.64. The molecule has 5 aromatic rings. The van der Waals surface area contributed by atoms with E-state index in [9.17, 15) is 9.90 Å². The minimum atomic E-state index is -1.02. The van der Waals surface area contributed by atoms with Crippen molar-refractivity contribution in [1.82, 2.24) is 24.5 Å². The summed E-state index contributed by atoms with van der Waals surface area (Å²) in [6.45, 7) is 8.65. The number of hydrogen-bond acceptors (Lipinski definition) is 9. The summed E-state index contributed by atoms with van der Waals surface area (Å²) in [7, 11) is 1.72. The van der Waals surface area contributed by atoms with Crippen LogP contribution in [0.25, 0.3) is 10.9 Å². The van der Waals surface area contributed by atoms with Gasteiger partial charge in [-0.05, 0) is 130 Å². The molecule has 1 aliphatic heterocycles. The van der Waals surface area contributed by atoms with E-state index in [1.165, 1.54) is 10.1 Å². The molecular formula is C40H43ClN8O2. The highest BCUT2D eigenvalue weighted by molar-refractivity contribution is 6.31. The Labute approximate surface area is 302 Å². The van der Waals surface area contributed by atoms with E-state index in [1.807, 2.05) is 55.6 Å². The molecule has 0 radical (unpaired) electrons. The number of aliphatic hydroxyl groups excluding tert-OH is 1. The molecular weight excluding hydrogens is 660 g/mol. The zero-order valence-corrected chi connectivity index (χ0v) is 30.5. The molecule has 2 saturated carbocycles. The summed E-state index contributed by atoms with van der Waals surface area (Å²) < 4.78 is 1.50. The number of hydrogen-bond donors (Lipinski definition) is 3. The van der Waals surface area contributed by atoms with Crippen molar-refractivity contribution in [2.75, 3.05) is 10.6 Å². The van der Waals surface area contributed by atoms with Crippen molar-refractivity contribution in [3.05, 3.63) is 121 Å². The lowest BCUT2D eigenvalue weighted by Crippen LogP contribution is -2.43. The molecule has 51 heavy (non-hydrogen) atoms. The molecule has 0 spiro atoms. The van der Waals surface area contributed by atoms with Crippen LogP contribution in [0.15, 0.2) is 71.0 Å². The number of benzene rings is 2. The first kappa shape index (κ1) is 33.3. The highest BCUT2D eigenvalue weighted by Gasteiger charge is 2.42. The van der Waals surface area contributed by atoms with E-state index in [4.69, 9.17) is 26.7 Å². The number of hydrazone groups is 1. The number of fused-ring (bicyclic) bond motifs is 2. The maximum absolute atomic E-state index is 12.8. The fourth-order valence-electron chi connectivity index (χ4n) is 8.06. The molecule has 3 N–H and O–H groups in total. The van der Waals surface area contributed by atoms with Crippen molar-refractivity contribution in [2.45, 2.75) is 90.1 Å². The summed E-state index contributed by atoms with van der Waals surface area (Å²) >= 11 is 6.52. The number of pyridine rings is 2.